The maximum Gasteiger partial charge on any atom is 0.188 e. The molecule has 0 amide bonds. The van der Waals surface area contributed by atoms with Crippen LogP contribution in [0, 0.1) is 0 Å². The van der Waals surface area contributed by atoms with Crippen molar-refractivity contribution in [1.29, 1.82) is 0 Å². The fraction of sp³-hybridized carbons (Fsp3) is 0.500. The monoisotopic (exact) mass is 222 g/mol. The minimum Gasteiger partial charge on any atom is -0.468 e. The van der Waals surface area contributed by atoms with E-state index in [1.54, 1.807) is 7.11 Å². The lowest BCUT2D eigenvalue weighted by molar-refractivity contribution is 0.0511. The van der Waals surface area contributed by atoms with E-state index in [-0.39, 0.29) is 0 Å². The molecule has 1 saturated heterocycles. The van der Waals surface area contributed by atoms with Gasteiger partial charge in [-0.15, -0.1) is 0 Å². The van der Waals surface area contributed by atoms with Gasteiger partial charge in [-0.25, -0.2) is 0 Å². The lowest BCUT2D eigenvalue weighted by Gasteiger charge is -2.29. The number of nitrogens with one attached hydrogen (secondary N) is 1. The Morgan fingerprint density at radius 2 is 1.88 bits per heavy atom. The zero-order valence-electron chi connectivity index (χ0n) is 9.61. The molecule has 16 heavy (non-hydrogen) atoms. The van der Waals surface area contributed by atoms with Crippen LogP contribution in [0.5, 0.6) is 5.75 Å². The minimum atomic E-state index is 0.299. The standard InChI is InChI=1S/C12H18N2O2/c1-15-10-16-12-4-2-11(3-5-12)14-8-6-13-7-9-14/h2-5,13H,6-10H2,1H3. The third-order valence-electron chi connectivity index (χ3n) is 2.66. The summed E-state index contributed by atoms with van der Waals surface area (Å²) in [7, 11) is 1.62. The van der Waals surface area contributed by atoms with E-state index in [9.17, 15) is 0 Å². The molecule has 4 nitrogen and oxygen atoms in total. The van der Waals surface area contributed by atoms with Crippen molar-refractivity contribution in [3.05, 3.63) is 24.3 Å². The summed E-state index contributed by atoms with van der Waals surface area (Å²) < 4.78 is 10.2. The Balaban J connectivity index is 1.95. The molecule has 4 heteroatoms. The lowest BCUT2D eigenvalue weighted by Crippen LogP contribution is -2.43. The molecule has 1 N–H and O–H groups in total. The van der Waals surface area contributed by atoms with Crippen molar-refractivity contribution in [3.8, 4) is 5.75 Å². The quantitative estimate of drug-likeness (QED) is 0.773. The minimum absolute atomic E-state index is 0.299. The van der Waals surface area contributed by atoms with Crippen LogP contribution >= 0.6 is 0 Å². The Morgan fingerprint density at radius 1 is 1.19 bits per heavy atom. The van der Waals surface area contributed by atoms with Crippen LogP contribution in [-0.2, 0) is 4.74 Å². The van der Waals surface area contributed by atoms with E-state index in [1.165, 1.54) is 5.69 Å². The van der Waals surface area contributed by atoms with Gasteiger partial charge in [-0.1, -0.05) is 0 Å². The van der Waals surface area contributed by atoms with Crippen molar-refractivity contribution < 1.29 is 9.47 Å². The highest BCUT2D eigenvalue weighted by atomic mass is 16.7. The van der Waals surface area contributed by atoms with Crippen LogP contribution in [0.15, 0.2) is 24.3 Å². The maximum absolute atomic E-state index is 5.34. The van der Waals surface area contributed by atoms with Gasteiger partial charge in [0.05, 0.1) is 0 Å². The van der Waals surface area contributed by atoms with Gasteiger partial charge in [-0.3, -0.25) is 0 Å². The highest BCUT2D eigenvalue weighted by Crippen LogP contribution is 2.19. The third-order valence-corrected chi connectivity index (χ3v) is 2.66. The molecule has 1 aromatic rings. The molecule has 0 unspecified atom stereocenters. The largest absolute Gasteiger partial charge is 0.468 e. The number of piperazine rings is 1. The fourth-order valence-corrected chi connectivity index (χ4v) is 1.80. The Morgan fingerprint density at radius 3 is 2.50 bits per heavy atom. The second-order valence-electron chi connectivity index (χ2n) is 3.78. The van der Waals surface area contributed by atoms with Crippen molar-refractivity contribution in [2.75, 3.05) is 45.0 Å². The summed E-state index contributed by atoms with van der Waals surface area (Å²) in [5, 5.41) is 3.34. The zero-order valence-corrected chi connectivity index (χ0v) is 9.61. The smallest absolute Gasteiger partial charge is 0.188 e. The van der Waals surface area contributed by atoms with Crippen LogP contribution in [0.2, 0.25) is 0 Å². The first kappa shape index (κ1) is 11.2. The van der Waals surface area contributed by atoms with Crippen LogP contribution in [0.4, 0.5) is 5.69 Å². The molecule has 1 aliphatic heterocycles. The van der Waals surface area contributed by atoms with Crippen LogP contribution < -0.4 is 15.0 Å². The van der Waals surface area contributed by atoms with E-state index in [0.717, 1.165) is 31.9 Å². The van der Waals surface area contributed by atoms with Crippen molar-refractivity contribution in [1.82, 2.24) is 5.32 Å². The van der Waals surface area contributed by atoms with E-state index >= 15 is 0 Å². The molecule has 0 saturated carbocycles. The van der Waals surface area contributed by atoms with E-state index in [0.29, 0.717) is 6.79 Å². The molecular formula is C12H18N2O2. The average Bonchev–Trinajstić information content (AvgIpc) is 2.38. The maximum atomic E-state index is 5.34. The number of benzene rings is 1. The zero-order chi connectivity index (χ0) is 11.2. The Kier molecular flexibility index (Phi) is 4.02. The van der Waals surface area contributed by atoms with Gasteiger partial charge in [-0.2, -0.15) is 0 Å². The Hall–Kier alpha value is -1.26. The number of methoxy groups -OCH3 is 1. The molecule has 1 heterocycles. The van der Waals surface area contributed by atoms with Crippen LogP contribution in [0.1, 0.15) is 0 Å². The van der Waals surface area contributed by atoms with Gasteiger partial charge in [0.2, 0.25) is 0 Å². The number of nitrogens with zero attached hydrogens (tertiary/aromatic N) is 1. The summed E-state index contributed by atoms with van der Waals surface area (Å²) in [5.41, 5.74) is 1.26. The molecule has 1 fully saturated rings. The molecule has 0 radical (unpaired) electrons. The van der Waals surface area contributed by atoms with E-state index < -0.39 is 0 Å². The lowest BCUT2D eigenvalue weighted by atomic mass is 10.2. The van der Waals surface area contributed by atoms with Gasteiger partial charge in [0.15, 0.2) is 6.79 Å². The van der Waals surface area contributed by atoms with E-state index in [1.807, 2.05) is 12.1 Å². The molecule has 0 spiro atoms. The average molecular weight is 222 g/mol. The van der Waals surface area contributed by atoms with Crippen molar-refractivity contribution >= 4 is 5.69 Å². The molecule has 0 aliphatic carbocycles. The molecule has 88 valence electrons. The fourth-order valence-electron chi connectivity index (χ4n) is 1.80. The second-order valence-corrected chi connectivity index (χ2v) is 3.78. The molecule has 1 aliphatic rings. The number of anilines is 1. The summed E-state index contributed by atoms with van der Waals surface area (Å²) in [6, 6.07) is 8.15. The molecule has 0 aromatic heterocycles. The summed E-state index contributed by atoms with van der Waals surface area (Å²) in [4.78, 5) is 2.37. The first-order valence-electron chi connectivity index (χ1n) is 5.57. The first-order chi connectivity index (χ1) is 7.90. The predicted molar refractivity (Wildman–Crippen MR) is 64.0 cm³/mol. The van der Waals surface area contributed by atoms with Crippen molar-refractivity contribution in [2.24, 2.45) is 0 Å². The molecule has 0 bridgehead atoms. The van der Waals surface area contributed by atoms with E-state index in [4.69, 9.17) is 9.47 Å². The molecular weight excluding hydrogens is 204 g/mol. The van der Waals surface area contributed by atoms with Crippen LogP contribution in [-0.4, -0.2) is 40.1 Å². The van der Waals surface area contributed by atoms with Gasteiger partial charge in [0.1, 0.15) is 5.75 Å². The third kappa shape index (κ3) is 2.87. The Bertz CT molecular complexity index is 307. The topological polar surface area (TPSA) is 33.7 Å². The van der Waals surface area contributed by atoms with Gasteiger partial charge < -0.3 is 19.7 Å². The highest BCUT2D eigenvalue weighted by Gasteiger charge is 2.09. The van der Waals surface area contributed by atoms with Crippen molar-refractivity contribution in [3.63, 3.8) is 0 Å². The predicted octanol–water partition coefficient (Wildman–Crippen LogP) is 1.08. The second kappa shape index (κ2) is 5.72. The number of rotatable bonds is 4. The summed E-state index contributed by atoms with van der Waals surface area (Å²) in [6.45, 7) is 4.55. The van der Waals surface area contributed by atoms with Crippen molar-refractivity contribution in [2.45, 2.75) is 0 Å². The van der Waals surface area contributed by atoms with Gasteiger partial charge in [-0.05, 0) is 24.3 Å². The van der Waals surface area contributed by atoms with Gasteiger partial charge in [0.25, 0.3) is 0 Å². The highest BCUT2D eigenvalue weighted by molar-refractivity contribution is 5.49. The normalized spacial score (nSPS) is 16.2. The van der Waals surface area contributed by atoms with Gasteiger partial charge >= 0.3 is 0 Å². The summed E-state index contributed by atoms with van der Waals surface area (Å²) in [6.07, 6.45) is 0. The van der Waals surface area contributed by atoms with Crippen LogP contribution in [0.25, 0.3) is 0 Å². The summed E-state index contributed by atoms with van der Waals surface area (Å²) >= 11 is 0. The number of ether oxygens (including phenoxy) is 2. The molecule has 0 atom stereocenters. The number of hydrogen-bond donors (Lipinski definition) is 1. The molecule has 2 rings (SSSR count). The Labute approximate surface area is 96.2 Å². The van der Waals surface area contributed by atoms with Gasteiger partial charge in [0, 0.05) is 39.0 Å². The summed E-state index contributed by atoms with van der Waals surface area (Å²) in [5.74, 6) is 0.848. The number of hydrogen-bond acceptors (Lipinski definition) is 4. The SMILES string of the molecule is COCOc1ccc(N2CCNCC2)cc1. The molecule has 1 aromatic carbocycles. The van der Waals surface area contributed by atoms with Crippen LogP contribution in [0.3, 0.4) is 0 Å². The van der Waals surface area contributed by atoms with E-state index in [2.05, 4.69) is 22.3 Å². The first-order valence-corrected chi connectivity index (χ1v) is 5.57.